The molecule has 0 radical (unpaired) electrons. The largest absolute Gasteiger partial charge is 0.497 e. The maximum absolute atomic E-state index is 12.3. The first kappa shape index (κ1) is 19.6. The number of benzene rings is 1. The van der Waals surface area contributed by atoms with E-state index in [2.05, 4.69) is 12.1 Å². The van der Waals surface area contributed by atoms with Crippen molar-refractivity contribution in [2.75, 3.05) is 32.6 Å². The molecule has 3 rings (SSSR count). The number of methoxy groups -OCH3 is 1. The highest BCUT2D eigenvalue weighted by molar-refractivity contribution is 7.89. The van der Waals surface area contributed by atoms with Crippen molar-refractivity contribution in [2.45, 2.75) is 51.0 Å². The molecule has 2 aliphatic heterocycles. The topological polar surface area (TPSA) is 55.8 Å². The monoisotopic (exact) mass is 381 g/mol. The number of rotatable bonds is 6. The Balaban J connectivity index is 1.58. The summed E-state index contributed by atoms with van der Waals surface area (Å²) < 4.78 is 37.7. The number of nitrogens with zero attached hydrogens (tertiary/aromatic N) is 1. The van der Waals surface area contributed by atoms with Gasteiger partial charge in [0.05, 0.1) is 18.5 Å². The summed E-state index contributed by atoms with van der Waals surface area (Å²) in [4.78, 5) is 0. The van der Waals surface area contributed by atoms with Crippen LogP contribution in [0.3, 0.4) is 0 Å². The minimum atomic E-state index is -3.09. The van der Waals surface area contributed by atoms with E-state index in [0.717, 1.165) is 44.5 Å². The third-order valence-corrected chi connectivity index (χ3v) is 7.84. The van der Waals surface area contributed by atoms with E-state index < -0.39 is 10.0 Å². The van der Waals surface area contributed by atoms with E-state index >= 15 is 0 Å². The van der Waals surface area contributed by atoms with E-state index in [1.807, 2.05) is 19.1 Å². The number of sulfonamides is 1. The van der Waals surface area contributed by atoms with Crippen LogP contribution in [0.15, 0.2) is 24.3 Å². The molecule has 2 fully saturated rings. The Morgan fingerprint density at radius 2 is 1.92 bits per heavy atom. The van der Waals surface area contributed by atoms with Gasteiger partial charge >= 0.3 is 0 Å². The lowest BCUT2D eigenvalue weighted by Crippen LogP contribution is -2.51. The van der Waals surface area contributed by atoms with Gasteiger partial charge in [-0.25, -0.2) is 12.7 Å². The van der Waals surface area contributed by atoms with Gasteiger partial charge < -0.3 is 9.47 Å². The van der Waals surface area contributed by atoms with E-state index in [9.17, 15) is 8.42 Å². The van der Waals surface area contributed by atoms with Gasteiger partial charge in [-0.05, 0) is 62.1 Å². The number of ether oxygens (including phenoxy) is 2. The SMILES string of the molecule is CCCS(=O)(=O)N1CCC2(CC1)CC(Cc1ccc(OC)cc1)CCO2. The van der Waals surface area contributed by atoms with E-state index in [1.165, 1.54) is 5.56 Å². The molecular formula is C20H31NO4S. The van der Waals surface area contributed by atoms with Gasteiger partial charge in [0, 0.05) is 19.7 Å². The lowest BCUT2D eigenvalue weighted by atomic mass is 9.78. The predicted octanol–water partition coefficient (Wildman–Crippen LogP) is 3.24. The van der Waals surface area contributed by atoms with Gasteiger partial charge in [-0.15, -0.1) is 0 Å². The van der Waals surface area contributed by atoms with Crippen molar-refractivity contribution < 1.29 is 17.9 Å². The summed E-state index contributed by atoms with van der Waals surface area (Å²) in [6, 6.07) is 8.31. The van der Waals surface area contributed by atoms with Gasteiger partial charge in [-0.3, -0.25) is 0 Å². The molecule has 6 heteroatoms. The lowest BCUT2D eigenvalue weighted by Gasteiger charge is -2.46. The first-order chi connectivity index (χ1) is 12.5. The Bertz CT molecular complexity index is 678. The molecule has 1 aromatic carbocycles. The predicted molar refractivity (Wildman–Crippen MR) is 103 cm³/mol. The highest BCUT2D eigenvalue weighted by Gasteiger charge is 2.42. The summed E-state index contributed by atoms with van der Waals surface area (Å²) in [5.41, 5.74) is 1.20. The van der Waals surface area contributed by atoms with E-state index in [-0.39, 0.29) is 11.4 Å². The van der Waals surface area contributed by atoms with Crippen LogP contribution in [0.25, 0.3) is 0 Å². The van der Waals surface area contributed by atoms with Gasteiger partial charge in [-0.2, -0.15) is 0 Å². The highest BCUT2D eigenvalue weighted by atomic mass is 32.2. The molecule has 26 heavy (non-hydrogen) atoms. The summed E-state index contributed by atoms with van der Waals surface area (Å²) >= 11 is 0. The van der Waals surface area contributed by atoms with Gasteiger partial charge in [0.1, 0.15) is 5.75 Å². The maximum Gasteiger partial charge on any atom is 0.214 e. The average Bonchev–Trinajstić information content (AvgIpc) is 2.63. The third kappa shape index (κ3) is 4.59. The maximum atomic E-state index is 12.3. The molecule has 1 aromatic rings. The zero-order chi connectivity index (χ0) is 18.6. The molecule has 0 aliphatic carbocycles. The normalized spacial score (nSPS) is 23.8. The van der Waals surface area contributed by atoms with Crippen LogP contribution < -0.4 is 4.74 Å². The summed E-state index contributed by atoms with van der Waals surface area (Å²) in [6.45, 7) is 3.88. The van der Waals surface area contributed by atoms with Crippen LogP contribution in [-0.2, 0) is 21.2 Å². The van der Waals surface area contributed by atoms with Crippen LogP contribution in [0.1, 0.15) is 44.6 Å². The van der Waals surface area contributed by atoms with Crippen LogP contribution >= 0.6 is 0 Å². The Labute approximate surface area is 157 Å². The summed E-state index contributed by atoms with van der Waals surface area (Å²) in [5, 5.41) is 0. The zero-order valence-electron chi connectivity index (χ0n) is 15.9. The molecule has 146 valence electrons. The molecule has 0 N–H and O–H groups in total. The number of hydrogen-bond acceptors (Lipinski definition) is 4. The van der Waals surface area contributed by atoms with Crippen molar-refractivity contribution >= 4 is 10.0 Å². The Morgan fingerprint density at radius 1 is 1.23 bits per heavy atom. The first-order valence-corrected chi connectivity index (χ1v) is 11.3. The van der Waals surface area contributed by atoms with Crippen LogP contribution in [0, 0.1) is 5.92 Å². The van der Waals surface area contributed by atoms with Crippen LogP contribution in [0.4, 0.5) is 0 Å². The van der Waals surface area contributed by atoms with Crippen molar-refractivity contribution in [3.63, 3.8) is 0 Å². The fraction of sp³-hybridized carbons (Fsp3) is 0.700. The number of piperidine rings is 1. The molecule has 2 saturated heterocycles. The Morgan fingerprint density at radius 3 is 2.54 bits per heavy atom. The molecule has 2 heterocycles. The van der Waals surface area contributed by atoms with Gasteiger partial charge in [-0.1, -0.05) is 19.1 Å². The Hall–Kier alpha value is -1.11. The second-order valence-corrected chi connectivity index (χ2v) is 9.75. The van der Waals surface area contributed by atoms with E-state index in [0.29, 0.717) is 25.4 Å². The smallest absolute Gasteiger partial charge is 0.214 e. The molecular weight excluding hydrogens is 350 g/mol. The van der Waals surface area contributed by atoms with Crippen LogP contribution in [0.5, 0.6) is 5.75 Å². The van der Waals surface area contributed by atoms with Gasteiger partial charge in [0.15, 0.2) is 0 Å². The standard InChI is InChI=1S/C20H31NO4S/c1-3-14-26(22,23)21-11-9-20(10-12-21)16-18(8-13-25-20)15-17-4-6-19(24-2)7-5-17/h4-7,18H,3,8-16H2,1-2H3. The molecule has 1 spiro atoms. The molecule has 1 atom stereocenters. The molecule has 1 unspecified atom stereocenters. The Kier molecular flexibility index (Phi) is 6.25. The summed E-state index contributed by atoms with van der Waals surface area (Å²) in [6.07, 6.45) is 5.45. The van der Waals surface area contributed by atoms with Crippen molar-refractivity contribution in [3.05, 3.63) is 29.8 Å². The lowest BCUT2D eigenvalue weighted by molar-refractivity contribution is -0.120. The molecule has 2 aliphatic rings. The van der Waals surface area contributed by atoms with Crippen molar-refractivity contribution in [1.29, 1.82) is 0 Å². The van der Waals surface area contributed by atoms with Gasteiger partial charge in [0.25, 0.3) is 0 Å². The molecule has 0 saturated carbocycles. The fourth-order valence-corrected chi connectivity index (χ4v) is 5.82. The third-order valence-electron chi connectivity index (χ3n) is 5.77. The fourth-order valence-electron chi connectivity index (χ4n) is 4.31. The molecule has 0 amide bonds. The second-order valence-electron chi connectivity index (χ2n) is 7.66. The minimum absolute atomic E-state index is 0.131. The molecule has 0 aromatic heterocycles. The van der Waals surface area contributed by atoms with Crippen molar-refractivity contribution in [3.8, 4) is 5.75 Å². The molecule has 0 bridgehead atoms. The minimum Gasteiger partial charge on any atom is -0.497 e. The van der Waals surface area contributed by atoms with Crippen molar-refractivity contribution in [2.24, 2.45) is 5.92 Å². The van der Waals surface area contributed by atoms with Crippen LogP contribution in [-0.4, -0.2) is 50.9 Å². The molecule has 5 nitrogen and oxygen atoms in total. The van der Waals surface area contributed by atoms with Crippen molar-refractivity contribution in [1.82, 2.24) is 4.31 Å². The van der Waals surface area contributed by atoms with E-state index in [4.69, 9.17) is 9.47 Å². The van der Waals surface area contributed by atoms with E-state index in [1.54, 1.807) is 11.4 Å². The van der Waals surface area contributed by atoms with Gasteiger partial charge in [0.2, 0.25) is 10.0 Å². The number of hydrogen-bond donors (Lipinski definition) is 0. The average molecular weight is 382 g/mol. The highest BCUT2D eigenvalue weighted by Crippen LogP contribution is 2.39. The summed E-state index contributed by atoms with van der Waals surface area (Å²) in [5.74, 6) is 1.73. The zero-order valence-corrected chi connectivity index (χ0v) is 16.8. The summed E-state index contributed by atoms with van der Waals surface area (Å²) in [7, 11) is -1.41. The quantitative estimate of drug-likeness (QED) is 0.759. The second kappa shape index (κ2) is 8.28. The first-order valence-electron chi connectivity index (χ1n) is 9.71. The van der Waals surface area contributed by atoms with Crippen LogP contribution in [0.2, 0.25) is 0 Å².